The molecule has 244 valence electrons. The van der Waals surface area contributed by atoms with Gasteiger partial charge in [0.15, 0.2) is 0 Å². The second kappa shape index (κ2) is 53.1. The number of hydrogen-bond donors (Lipinski definition) is 0. The van der Waals surface area contributed by atoms with Gasteiger partial charge in [-0.15, -0.1) is 11.8 Å². The minimum absolute atomic E-state index is 0. The minimum atomic E-state index is 0. The lowest BCUT2D eigenvalue weighted by molar-refractivity contribution is 0.384. The van der Waals surface area contributed by atoms with Crippen molar-refractivity contribution in [2.45, 2.75) is 180 Å². The Kier molecular flexibility index (Phi) is 90.2. The smallest absolute Gasteiger partial charge is 0.0146 e. The van der Waals surface area contributed by atoms with Crippen LogP contribution < -0.4 is 0 Å². The molecule has 0 N–H and O–H groups in total. The van der Waals surface area contributed by atoms with Gasteiger partial charge < -0.3 is 0 Å². The normalized spacial score (nSPS) is 13.2. The van der Waals surface area contributed by atoms with Gasteiger partial charge in [-0.2, -0.15) is 0 Å². The van der Waals surface area contributed by atoms with E-state index >= 15 is 0 Å². The van der Waals surface area contributed by atoms with E-state index in [0.717, 1.165) is 23.7 Å². The molecule has 0 heterocycles. The van der Waals surface area contributed by atoms with Crippen molar-refractivity contribution in [1.82, 2.24) is 0 Å². The van der Waals surface area contributed by atoms with E-state index in [-0.39, 0.29) is 37.1 Å². The van der Waals surface area contributed by atoms with Crippen LogP contribution >= 0.6 is 0 Å². The molecule has 0 aromatic heterocycles. The van der Waals surface area contributed by atoms with E-state index in [0.29, 0.717) is 11.8 Å². The van der Waals surface area contributed by atoms with E-state index in [2.05, 4.69) is 105 Å². The summed E-state index contributed by atoms with van der Waals surface area (Å²) in [6, 6.07) is 10.5. The first-order valence-corrected chi connectivity index (χ1v) is 14.5. The highest BCUT2D eigenvalue weighted by Crippen LogP contribution is 2.34. The lowest BCUT2D eigenvalue weighted by atomic mass is 9.94. The van der Waals surface area contributed by atoms with Gasteiger partial charge in [0.05, 0.1) is 0 Å². The first-order valence-electron chi connectivity index (χ1n) is 14.5. The highest BCUT2D eigenvalue weighted by Gasteiger charge is 2.23. The van der Waals surface area contributed by atoms with Crippen LogP contribution in [0.5, 0.6) is 0 Å². The molecule has 2 atom stereocenters. The molecule has 0 radical (unpaired) electrons. The summed E-state index contributed by atoms with van der Waals surface area (Å²) in [5.41, 5.74) is 1.41. The number of rotatable bonds is 2. The van der Waals surface area contributed by atoms with E-state index in [4.69, 9.17) is 0 Å². The van der Waals surface area contributed by atoms with Crippen molar-refractivity contribution >= 4 is 0 Å². The Bertz CT molecular complexity index is 493. The van der Waals surface area contributed by atoms with E-state index in [1.807, 2.05) is 54.5 Å². The molecule has 1 aromatic rings. The summed E-state index contributed by atoms with van der Waals surface area (Å²) in [5.74, 6) is 10.8. The van der Waals surface area contributed by atoms with Crippen LogP contribution in [0.4, 0.5) is 0 Å². The summed E-state index contributed by atoms with van der Waals surface area (Å²) in [6.07, 6.45) is 4.44. The van der Waals surface area contributed by atoms with Crippen molar-refractivity contribution in [2.75, 3.05) is 0 Å². The van der Waals surface area contributed by atoms with Crippen molar-refractivity contribution < 1.29 is 0 Å². The second-order valence-corrected chi connectivity index (χ2v) is 9.77. The van der Waals surface area contributed by atoms with E-state index < -0.39 is 0 Å². The Hall–Kier alpha value is -1.22. The lowest BCUT2D eigenvalue weighted by Gasteiger charge is -2.12. The summed E-state index contributed by atoms with van der Waals surface area (Å²) in [7, 11) is 0. The standard InChI is InChI=1S/C9H18.C9H12.C6H10.C4H10.3C2H6.5CH4/c1-7(2)9-5-4-8(3)6-9;1-8(2)9-6-4-3-5-7-9;1-4-5-6(2)3;1-4(2)3;3*1-2;;;;;/h7-9H,4-6H2,1-3H3;3-8H,1-2H3;6H,1-3H3;4H,1-3H3;3*1-2H3;5*1H4. The average Bonchev–Trinajstić information content (AvgIpc) is 3.26. The molecule has 2 rings (SSSR count). The molecule has 0 aliphatic heterocycles. The molecule has 0 saturated heterocycles. The number of benzene rings is 1. The zero-order valence-electron chi connectivity index (χ0n) is 27.0. The van der Waals surface area contributed by atoms with E-state index in [1.165, 1.54) is 24.8 Å². The van der Waals surface area contributed by atoms with Crippen molar-refractivity contribution in [2.24, 2.45) is 29.6 Å². The van der Waals surface area contributed by atoms with Crippen molar-refractivity contribution in [3.8, 4) is 11.8 Å². The van der Waals surface area contributed by atoms with Crippen LogP contribution in [0.15, 0.2) is 30.3 Å². The molecule has 0 heteroatoms. The predicted molar refractivity (Wildman–Crippen MR) is 198 cm³/mol. The first-order chi connectivity index (χ1) is 16.0. The van der Waals surface area contributed by atoms with Crippen LogP contribution in [-0.4, -0.2) is 0 Å². The van der Waals surface area contributed by atoms with Crippen LogP contribution in [-0.2, 0) is 0 Å². The molecule has 0 bridgehead atoms. The molecule has 0 nitrogen and oxygen atoms in total. The summed E-state index contributed by atoms with van der Waals surface area (Å²) < 4.78 is 0. The van der Waals surface area contributed by atoms with Crippen molar-refractivity contribution in [1.29, 1.82) is 0 Å². The Morgan fingerprint density at radius 3 is 1.13 bits per heavy atom. The predicted octanol–water partition coefficient (Wildman–Crippen LogP) is 15.5. The molecular formula is C39H88. The first kappa shape index (κ1) is 66.2. The van der Waals surface area contributed by atoms with Gasteiger partial charge in [0.1, 0.15) is 0 Å². The zero-order valence-corrected chi connectivity index (χ0v) is 27.0. The Morgan fingerprint density at radius 2 is 1.00 bits per heavy atom. The van der Waals surface area contributed by atoms with Crippen LogP contribution in [0.3, 0.4) is 0 Å². The number of hydrogen-bond acceptors (Lipinski definition) is 0. The lowest BCUT2D eigenvalue weighted by Crippen LogP contribution is -2.02. The van der Waals surface area contributed by atoms with Gasteiger partial charge in [-0.3, -0.25) is 0 Å². The zero-order chi connectivity index (χ0) is 28.1. The molecule has 0 amide bonds. The molecule has 39 heavy (non-hydrogen) atoms. The maximum absolute atomic E-state index is 2.96. The van der Waals surface area contributed by atoms with Crippen molar-refractivity contribution in [3.05, 3.63) is 35.9 Å². The topological polar surface area (TPSA) is 0 Å². The fourth-order valence-electron chi connectivity index (χ4n) is 2.98. The van der Waals surface area contributed by atoms with Gasteiger partial charge in [0.2, 0.25) is 0 Å². The van der Waals surface area contributed by atoms with Gasteiger partial charge >= 0.3 is 0 Å². The van der Waals surface area contributed by atoms with Crippen molar-refractivity contribution in [3.63, 3.8) is 0 Å². The van der Waals surface area contributed by atoms with E-state index in [9.17, 15) is 0 Å². The van der Waals surface area contributed by atoms with Crippen LogP contribution in [0.1, 0.15) is 186 Å². The third-order valence-corrected chi connectivity index (χ3v) is 4.58. The maximum atomic E-state index is 2.96. The highest BCUT2D eigenvalue weighted by atomic mass is 14.3. The molecular weight excluding hydrogens is 468 g/mol. The largest absolute Gasteiger partial charge is 0.106 e. The highest BCUT2D eigenvalue weighted by molar-refractivity contribution is 5.17. The summed E-state index contributed by atoms with van der Waals surface area (Å²) in [4.78, 5) is 0. The average molecular weight is 557 g/mol. The molecule has 0 spiro atoms. The Balaban J connectivity index is -0.0000000333. The van der Waals surface area contributed by atoms with Crippen LogP contribution in [0.2, 0.25) is 0 Å². The molecule has 1 aliphatic rings. The summed E-state index contributed by atoms with van der Waals surface area (Å²) in [5, 5.41) is 0. The molecule has 2 unspecified atom stereocenters. The molecule has 1 aliphatic carbocycles. The Morgan fingerprint density at radius 1 is 0.641 bits per heavy atom. The fourth-order valence-corrected chi connectivity index (χ4v) is 2.98. The summed E-state index contributed by atoms with van der Waals surface area (Å²) >= 11 is 0. The molecule has 1 fully saturated rings. The third-order valence-electron chi connectivity index (χ3n) is 4.58. The van der Waals surface area contributed by atoms with Gasteiger partial charge in [-0.1, -0.05) is 185 Å². The van der Waals surface area contributed by atoms with Gasteiger partial charge in [-0.05, 0) is 54.9 Å². The molecule has 1 saturated carbocycles. The minimum Gasteiger partial charge on any atom is -0.106 e. The summed E-state index contributed by atoms with van der Waals surface area (Å²) in [6.45, 7) is 36.0. The van der Waals surface area contributed by atoms with Crippen LogP contribution in [0, 0.1) is 41.4 Å². The quantitative estimate of drug-likeness (QED) is 0.318. The maximum Gasteiger partial charge on any atom is 0.0146 e. The van der Waals surface area contributed by atoms with Gasteiger partial charge in [0.25, 0.3) is 0 Å². The molecule has 1 aromatic carbocycles. The third kappa shape index (κ3) is 62.0. The Labute approximate surface area is 257 Å². The van der Waals surface area contributed by atoms with Crippen LogP contribution in [0.25, 0.3) is 0 Å². The second-order valence-electron chi connectivity index (χ2n) is 9.77. The van der Waals surface area contributed by atoms with Gasteiger partial charge in [0, 0.05) is 5.92 Å². The monoisotopic (exact) mass is 557 g/mol. The SMILES string of the molecule is C.C.C.C.C.CC.CC.CC.CC#CC(C)C.CC(C)C.CC(C)c1ccccc1.CC1CCC(C(C)C)C1. The van der Waals surface area contributed by atoms with E-state index in [1.54, 1.807) is 0 Å². The van der Waals surface area contributed by atoms with Gasteiger partial charge in [-0.25, -0.2) is 0 Å². The fraction of sp³-hybridized carbons (Fsp3) is 0.795.